The quantitative estimate of drug-likeness (QED) is 0.452. The van der Waals surface area contributed by atoms with Gasteiger partial charge < -0.3 is 19.7 Å². The Labute approximate surface area is 131 Å². The van der Waals surface area contributed by atoms with Crippen LogP contribution in [0.15, 0.2) is 24.4 Å². The minimum atomic E-state index is -1.33. The summed E-state index contributed by atoms with van der Waals surface area (Å²) in [7, 11) is 1.50. The Morgan fingerprint density at radius 2 is 2.26 bits per heavy atom. The van der Waals surface area contributed by atoms with Gasteiger partial charge in [-0.2, -0.15) is 5.10 Å². The Morgan fingerprint density at radius 1 is 1.53 bits per heavy atom. The fraction of sp³-hybridized carbons (Fsp3) is 0.182. The molecule has 0 radical (unpaired) electrons. The predicted octanol–water partition coefficient (Wildman–Crippen LogP) is -3.82. The van der Waals surface area contributed by atoms with Gasteiger partial charge in [0.25, 0.3) is 0 Å². The maximum Gasteiger partial charge on any atom is 1.00 e. The summed E-state index contributed by atoms with van der Waals surface area (Å²) in [6, 6.07) is 4.81. The maximum atomic E-state index is 11.0. The van der Waals surface area contributed by atoms with Crippen LogP contribution in [0.5, 0.6) is 5.88 Å². The normalized spacial score (nSPS) is 9.79. The van der Waals surface area contributed by atoms with Crippen LogP contribution in [0.1, 0.15) is 10.5 Å². The molecule has 94 valence electrons. The van der Waals surface area contributed by atoms with Crippen molar-refractivity contribution in [1.82, 2.24) is 14.8 Å². The number of hydrogen-bond acceptors (Lipinski definition) is 6. The van der Waals surface area contributed by atoms with Gasteiger partial charge in [-0.05, 0) is 6.07 Å². The molecule has 0 saturated carbocycles. The first-order valence-electron chi connectivity index (χ1n) is 5.08. The van der Waals surface area contributed by atoms with Crippen LogP contribution in [0.3, 0.4) is 0 Å². The number of pyridine rings is 1. The van der Waals surface area contributed by atoms with E-state index < -0.39 is 12.8 Å². The zero-order chi connectivity index (χ0) is 13.1. The molecule has 0 spiro atoms. The minimum absolute atomic E-state index is 0. The van der Waals surface area contributed by atoms with Gasteiger partial charge in [-0.3, -0.25) is 4.68 Å². The molecule has 0 bridgehead atoms. The van der Waals surface area contributed by atoms with Gasteiger partial charge in [0.2, 0.25) is 5.88 Å². The van der Waals surface area contributed by atoms with E-state index in [0.717, 1.165) is 0 Å². The maximum absolute atomic E-state index is 11.0. The molecular weight excluding hydrogens is 261 g/mol. The van der Waals surface area contributed by atoms with Crippen LogP contribution >= 0.6 is 0 Å². The van der Waals surface area contributed by atoms with Crippen LogP contribution in [-0.2, 0) is 7.05 Å². The van der Waals surface area contributed by atoms with E-state index in [1.54, 1.807) is 18.2 Å². The zero-order valence-electron chi connectivity index (χ0n) is 10.5. The second-order valence-electron chi connectivity index (χ2n) is 3.45. The Hall–Kier alpha value is -1.41. The van der Waals surface area contributed by atoms with Crippen molar-refractivity contribution >= 4 is 5.97 Å². The number of carboxylic acid groups (broad SMARTS) is 1. The number of aliphatic hydroxyl groups excluding tert-OH is 1. The molecular formula is C11H10N3NaO4. The third kappa shape index (κ3) is 3.32. The second kappa shape index (κ2) is 6.67. The molecule has 19 heavy (non-hydrogen) atoms. The summed E-state index contributed by atoms with van der Waals surface area (Å²) < 4.78 is 6.03. The number of nitrogens with zero attached hydrogens (tertiary/aromatic N) is 3. The number of aryl methyl sites for hydroxylation is 1. The monoisotopic (exact) mass is 271 g/mol. The van der Waals surface area contributed by atoms with Gasteiger partial charge in [-0.25, -0.2) is 4.98 Å². The Bertz CT molecular complexity index is 585. The van der Waals surface area contributed by atoms with Crippen molar-refractivity contribution in [1.29, 1.82) is 0 Å². The van der Waals surface area contributed by atoms with Crippen molar-refractivity contribution in [2.45, 2.75) is 0 Å². The molecule has 0 aromatic carbocycles. The van der Waals surface area contributed by atoms with E-state index in [4.69, 9.17) is 9.84 Å². The first-order valence-corrected chi connectivity index (χ1v) is 5.08. The Morgan fingerprint density at radius 3 is 2.89 bits per heavy atom. The molecule has 0 aliphatic heterocycles. The standard InChI is InChI=1S/C11H11N3O4.Na/c1-14-10(11(16)17)7(5-12-14)8-3-2-4-9(13-8)18-6-15;/h2-5,15H,6H2,1H3,(H,16,17);/q;+1/p-1. The summed E-state index contributed by atoms with van der Waals surface area (Å²) in [4.78, 5) is 15.1. The topological polar surface area (TPSA) is 100 Å². The molecule has 0 unspecified atom stereocenters. The molecule has 0 atom stereocenters. The third-order valence-corrected chi connectivity index (χ3v) is 2.34. The number of carboxylic acids is 1. The van der Waals surface area contributed by atoms with E-state index in [2.05, 4.69) is 10.1 Å². The van der Waals surface area contributed by atoms with Crippen molar-refractivity contribution < 1.29 is 49.3 Å². The number of carbonyl (C=O) groups is 1. The number of hydrogen-bond donors (Lipinski definition) is 1. The van der Waals surface area contributed by atoms with Crippen molar-refractivity contribution in [3.05, 3.63) is 30.1 Å². The van der Waals surface area contributed by atoms with Crippen LogP contribution in [0.4, 0.5) is 0 Å². The van der Waals surface area contributed by atoms with Crippen LogP contribution in [-0.4, -0.2) is 32.6 Å². The number of rotatable bonds is 4. The van der Waals surface area contributed by atoms with Crippen LogP contribution in [0, 0.1) is 0 Å². The molecule has 2 heterocycles. The fourth-order valence-electron chi connectivity index (χ4n) is 1.58. The van der Waals surface area contributed by atoms with Crippen LogP contribution < -0.4 is 39.4 Å². The molecule has 7 nitrogen and oxygen atoms in total. The van der Waals surface area contributed by atoms with E-state index in [9.17, 15) is 9.90 Å². The van der Waals surface area contributed by atoms with Gasteiger partial charge in [0.15, 0.2) is 6.79 Å². The van der Waals surface area contributed by atoms with Crippen molar-refractivity contribution in [3.8, 4) is 17.1 Å². The number of ether oxygens (including phenoxy) is 1. The molecule has 0 aliphatic carbocycles. The molecule has 0 aliphatic rings. The van der Waals surface area contributed by atoms with E-state index >= 15 is 0 Å². The van der Waals surface area contributed by atoms with Gasteiger partial charge in [0, 0.05) is 18.7 Å². The predicted molar refractivity (Wildman–Crippen MR) is 58.5 cm³/mol. The van der Waals surface area contributed by atoms with Crippen molar-refractivity contribution in [3.63, 3.8) is 0 Å². The Kier molecular flexibility index (Phi) is 5.49. The van der Waals surface area contributed by atoms with Crippen LogP contribution in [0.25, 0.3) is 11.3 Å². The van der Waals surface area contributed by atoms with E-state index in [1.165, 1.54) is 17.9 Å². The number of aromatic nitrogens is 3. The molecule has 1 N–H and O–H groups in total. The Balaban J connectivity index is 0.00000180. The van der Waals surface area contributed by atoms with Gasteiger partial charge in [-0.1, -0.05) is 6.07 Å². The third-order valence-electron chi connectivity index (χ3n) is 2.34. The molecule has 8 heteroatoms. The van der Waals surface area contributed by atoms with E-state index in [1.807, 2.05) is 0 Å². The summed E-state index contributed by atoms with van der Waals surface area (Å²) in [5, 5.41) is 23.5. The number of aromatic carboxylic acids is 1. The molecule has 2 aromatic rings. The summed E-state index contributed by atoms with van der Waals surface area (Å²) in [6.07, 6.45) is 1.39. The molecule has 0 saturated heterocycles. The summed E-state index contributed by atoms with van der Waals surface area (Å²) in [5.41, 5.74) is 0.651. The summed E-state index contributed by atoms with van der Waals surface area (Å²) in [5.74, 6) is -1.14. The first-order chi connectivity index (χ1) is 8.63. The van der Waals surface area contributed by atoms with Crippen molar-refractivity contribution in [2.75, 3.05) is 6.79 Å². The average molecular weight is 271 g/mol. The van der Waals surface area contributed by atoms with Gasteiger partial charge in [-0.15, -0.1) is 0 Å². The first kappa shape index (κ1) is 15.6. The van der Waals surface area contributed by atoms with Crippen LogP contribution in [0.2, 0.25) is 0 Å². The SMILES string of the molecule is Cn1ncc(-c2cccc(OCO)n2)c1C(=O)[O-].[Na+]. The molecule has 0 amide bonds. The van der Waals surface area contributed by atoms with Crippen molar-refractivity contribution in [2.24, 2.45) is 7.05 Å². The number of carbonyl (C=O) groups excluding carboxylic acids is 1. The average Bonchev–Trinajstić information content (AvgIpc) is 2.72. The number of aliphatic hydroxyl groups is 1. The minimum Gasteiger partial charge on any atom is -0.543 e. The van der Waals surface area contributed by atoms with E-state index in [0.29, 0.717) is 11.3 Å². The molecule has 0 fully saturated rings. The van der Waals surface area contributed by atoms with E-state index in [-0.39, 0.29) is 41.1 Å². The summed E-state index contributed by atoms with van der Waals surface area (Å²) in [6.45, 7) is -0.503. The van der Waals surface area contributed by atoms with Gasteiger partial charge in [0.1, 0.15) is 0 Å². The zero-order valence-corrected chi connectivity index (χ0v) is 12.5. The molecule has 2 rings (SSSR count). The molecule has 2 aromatic heterocycles. The summed E-state index contributed by atoms with van der Waals surface area (Å²) >= 11 is 0. The van der Waals surface area contributed by atoms with Gasteiger partial charge in [0.05, 0.1) is 23.6 Å². The van der Waals surface area contributed by atoms with Gasteiger partial charge >= 0.3 is 29.6 Å². The smallest absolute Gasteiger partial charge is 0.543 e. The fourth-order valence-corrected chi connectivity index (χ4v) is 1.58. The second-order valence-corrected chi connectivity index (χ2v) is 3.45. The largest absolute Gasteiger partial charge is 1.00 e.